The van der Waals surface area contributed by atoms with Gasteiger partial charge in [-0.15, -0.1) is 0 Å². The van der Waals surface area contributed by atoms with Crippen LogP contribution in [0.3, 0.4) is 0 Å². The van der Waals surface area contributed by atoms with Gasteiger partial charge in [-0.25, -0.2) is 0 Å². The molecular formula is C21H25F3N4O2. The van der Waals surface area contributed by atoms with Crippen molar-refractivity contribution in [1.29, 1.82) is 0 Å². The molecule has 9 heteroatoms. The topological polar surface area (TPSA) is 66.0 Å². The predicted octanol–water partition coefficient (Wildman–Crippen LogP) is 3.15. The van der Waals surface area contributed by atoms with Gasteiger partial charge in [0.05, 0.1) is 12.1 Å². The van der Waals surface area contributed by atoms with Gasteiger partial charge in [-0.05, 0) is 42.0 Å². The molecule has 0 aliphatic rings. The first kappa shape index (κ1) is 23.1. The molecule has 0 aliphatic carbocycles. The van der Waals surface area contributed by atoms with Crippen molar-refractivity contribution < 1.29 is 22.7 Å². The van der Waals surface area contributed by atoms with Crippen LogP contribution in [-0.2, 0) is 12.7 Å². The van der Waals surface area contributed by atoms with Gasteiger partial charge in [0, 0.05) is 33.3 Å². The van der Waals surface area contributed by atoms with E-state index in [1.807, 2.05) is 12.1 Å². The molecule has 0 saturated heterocycles. The van der Waals surface area contributed by atoms with E-state index in [2.05, 4.69) is 15.6 Å². The van der Waals surface area contributed by atoms with E-state index in [9.17, 15) is 18.0 Å². The van der Waals surface area contributed by atoms with Crippen molar-refractivity contribution >= 4 is 11.9 Å². The zero-order chi connectivity index (χ0) is 22.1. The lowest BCUT2D eigenvalue weighted by molar-refractivity contribution is -0.137. The summed E-state index contributed by atoms with van der Waals surface area (Å²) in [6.07, 6.45) is -4.36. The SMILES string of the molecule is CN=C(NCCOc1ccc(C(F)(F)F)cc1)NCc1ccc(C(=O)N(C)C)cc1. The first-order chi connectivity index (χ1) is 14.2. The third-order valence-corrected chi connectivity index (χ3v) is 4.14. The fourth-order valence-electron chi connectivity index (χ4n) is 2.51. The van der Waals surface area contributed by atoms with Crippen molar-refractivity contribution in [3.63, 3.8) is 0 Å². The van der Waals surface area contributed by atoms with E-state index in [-0.39, 0.29) is 12.5 Å². The van der Waals surface area contributed by atoms with Crippen LogP contribution in [0.1, 0.15) is 21.5 Å². The number of amides is 1. The van der Waals surface area contributed by atoms with E-state index < -0.39 is 11.7 Å². The second kappa shape index (κ2) is 10.5. The molecule has 6 nitrogen and oxygen atoms in total. The normalized spacial score (nSPS) is 11.7. The largest absolute Gasteiger partial charge is 0.492 e. The van der Waals surface area contributed by atoms with Gasteiger partial charge in [0.2, 0.25) is 0 Å². The number of benzene rings is 2. The molecule has 2 N–H and O–H groups in total. The van der Waals surface area contributed by atoms with Gasteiger partial charge in [-0.2, -0.15) is 13.2 Å². The van der Waals surface area contributed by atoms with Crippen LogP contribution >= 0.6 is 0 Å². The molecule has 0 aromatic heterocycles. The minimum Gasteiger partial charge on any atom is -0.492 e. The summed E-state index contributed by atoms with van der Waals surface area (Å²) in [7, 11) is 5.04. The average Bonchev–Trinajstić information content (AvgIpc) is 2.72. The monoisotopic (exact) mass is 422 g/mol. The smallest absolute Gasteiger partial charge is 0.416 e. The second-order valence-electron chi connectivity index (χ2n) is 6.62. The van der Waals surface area contributed by atoms with Crippen LogP contribution in [0.5, 0.6) is 5.75 Å². The summed E-state index contributed by atoms with van der Waals surface area (Å²) in [5.74, 6) is 0.861. The van der Waals surface area contributed by atoms with Crippen molar-refractivity contribution in [1.82, 2.24) is 15.5 Å². The Balaban J connectivity index is 1.74. The molecule has 0 bridgehead atoms. The highest BCUT2D eigenvalue weighted by Gasteiger charge is 2.29. The molecule has 30 heavy (non-hydrogen) atoms. The summed E-state index contributed by atoms with van der Waals surface area (Å²) in [5.41, 5.74) is 0.887. The molecule has 0 radical (unpaired) electrons. The highest BCUT2D eigenvalue weighted by atomic mass is 19.4. The maximum atomic E-state index is 12.5. The third-order valence-electron chi connectivity index (χ3n) is 4.14. The summed E-state index contributed by atoms with van der Waals surface area (Å²) in [6.45, 7) is 1.18. The van der Waals surface area contributed by atoms with E-state index in [1.165, 1.54) is 17.0 Å². The van der Waals surface area contributed by atoms with Crippen LogP contribution in [0, 0.1) is 0 Å². The molecule has 0 atom stereocenters. The lowest BCUT2D eigenvalue weighted by Gasteiger charge is -2.14. The van der Waals surface area contributed by atoms with Crippen LogP contribution in [0.25, 0.3) is 0 Å². The van der Waals surface area contributed by atoms with Crippen molar-refractivity contribution in [2.24, 2.45) is 4.99 Å². The number of hydrogen-bond acceptors (Lipinski definition) is 3. The number of carbonyl (C=O) groups is 1. The number of nitrogens with one attached hydrogen (secondary N) is 2. The lowest BCUT2D eigenvalue weighted by Crippen LogP contribution is -2.38. The van der Waals surface area contributed by atoms with E-state index >= 15 is 0 Å². The fraction of sp³-hybridized carbons (Fsp3) is 0.333. The Hall–Kier alpha value is -3.23. The lowest BCUT2D eigenvalue weighted by atomic mass is 10.1. The van der Waals surface area contributed by atoms with Crippen LogP contribution in [-0.4, -0.2) is 51.1 Å². The molecular weight excluding hydrogens is 397 g/mol. The van der Waals surface area contributed by atoms with Crippen molar-refractivity contribution in [3.05, 3.63) is 65.2 Å². The number of rotatable bonds is 7. The minimum absolute atomic E-state index is 0.0555. The number of alkyl halides is 3. The van der Waals surface area contributed by atoms with Gasteiger partial charge < -0.3 is 20.3 Å². The van der Waals surface area contributed by atoms with Crippen molar-refractivity contribution in [2.45, 2.75) is 12.7 Å². The molecule has 2 rings (SSSR count). The van der Waals surface area contributed by atoms with E-state index in [0.717, 1.165) is 17.7 Å². The zero-order valence-electron chi connectivity index (χ0n) is 17.1. The molecule has 0 aliphatic heterocycles. The summed E-state index contributed by atoms with van der Waals surface area (Å²) in [5, 5.41) is 6.21. The van der Waals surface area contributed by atoms with Crippen LogP contribution < -0.4 is 15.4 Å². The van der Waals surface area contributed by atoms with Crippen LogP contribution in [0.4, 0.5) is 13.2 Å². The Labute approximate surface area is 173 Å². The molecule has 2 aromatic rings. The molecule has 162 valence electrons. The number of nitrogens with zero attached hydrogens (tertiary/aromatic N) is 2. The Morgan fingerprint density at radius 3 is 2.20 bits per heavy atom. The van der Waals surface area contributed by atoms with Gasteiger partial charge in [0.15, 0.2) is 5.96 Å². The number of hydrogen-bond donors (Lipinski definition) is 2. The molecule has 0 saturated carbocycles. The highest BCUT2D eigenvalue weighted by Crippen LogP contribution is 2.30. The van der Waals surface area contributed by atoms with Crippen LogP contribution in [0.2, 0.25) is 0 Å². The molecule has 0 spiro atoms. The predicted molar refractivity (Wildman–Crippen MR) is 110 cm³/mol. The van der Waals surface area contributed by atoms with E-state index in [0.29, 0.717) is 30.4 Å². The molecule has 1 amide bonds. The number of carbonyl (C=O) groups excluding carboxylic acids is 1. The van der Waals surface area contributed by atoms with Gasteiger partial charge in [0.1, 0.15) is 12.4 Å². The zero-order valence-corrected chi connectivity index (χ0v) is 17.1. The Bertz CT molecular complexity index is 848. The van der Waals surface area contributed by atoms with Crippen molar-refractivity contribution in [3.8, 4) is 5.75 Å². The standard InChI is InChI=1S/C21H25F3N4O2/c1-25-20(27-14-15-4-6-16(7-5-15)19(29)28(2)3)26-12-13-30-18-10-8-17(9-11-18)21(22,23)24/h4-11H,12-14H2,1-3H3,(H2,25,26,27). The quantitative estimate of drug-likeness (QED) is 0.409. The van der Waals surface area contributed by atoms with Gasteiger partial charge in [-0.1, -0.05) is 12.1 Å². The minimum atomic E-state index is -4.36. The number of guanidine groups is 1. The highest BCUT2D eigenvalue weighted by molar-refractivity contribution is 5.93. The van der Waals surface area contributed by atoms with Gasteiger partial charge >= 0.3 is 6.18 Å². The van der Waals surface area contributed by atoms with Gasteiger partial charge in [0.25, 0.3) is 5.91 Å². The summed E-state index contributed by atoms with van der Waals surface area (Å²) >= 11 is 0. The van der Waals surface area contributed by atoms with Crippen LogP contribution in [0.15, 0.2) is 53.5 Å². The second-order valence-corrected chi connectivity index (χ2v) is 6.62. The van der Waals surface area contributed by atoms with Crippen molar-refractivity contribution in [2.75, 3.05) is 34.3 Å². The fourth-order valence-corrected chi connectivity index (χ4v) is 2.51. The summed E-state index contributed by atoms with van der Waals surface area (Å²) in [4.78, 5) is 17.5. The molecule has 0 heterocycles. The maximum absolute atomic E-state index is 12.5. The number of halogens is 3. The molecule has 2 aromatic carbocycles. The first-order valence-electron chi connectivity index (χ1n) is 9.26. The van der Waals surface area contributed by atoms with E-state index in [4.69, 9.17) is 4.74 Å². The molecule has 0 unspecified atom stereocenters. The Morgan fingerprint density at radius 1 is 1.03 bits per heavy atom. The number of ether oxygens (including phenoxy) is 1. The summed E-state index contributed by atoms with van der Waals surface area (Å²) < 4.78 is 43.1. The van der Waals surface area contributed by atoms with E-state index in [1.54, 1.807) is 33.3 Å². The van der Waals surface area contributed by atoms with Gasteiger partial charge in [-0.3, -0.25) is 9.79 Å². The summed E-state index contributed by atoms with van der Waals surface area (Å²) in [6, 6.07) is 11.8. The third kappa shape index (κ3) is 6.98. The number of aliphatic imine (C=N–C) groups is 1. The molecule has 0 fully saturated rings. The Morgan fingerprint density at radius 2 is 1.67 bits per heavy atom. The average molecular weight is 422 g/mol. The first-order valence-corrected chi connectivity index (χ1v) is 9.26. The maximum Gasteiger partial charge on any atom is 0.416 e. The Kier molecular flexibility index (Phi) is 8.08.